The molecule has 0 aromatic carbocycles. The first-order chi connectivity index (χ1) is 8.35. The van der Waals surface area contributed by atoms with E-state index in [9.17, 15) is 18.9 Å². The minimum atomic E-state index is -1.13. The Morgan fingerprint density at radius 2 is 1.94 bits per heavy atom. The lowest BCUT2D eigenvalue weighted by molar-refractivity contribution is -0.144. The maximum absolute atomic E-state index is 11.7. The number of aliphatic carboxylic acids is 1. The highest BCUT2D eigenvalue weighted by Crippen LogP contribution is 2.29. The highest BCUT2D eigenvalue weighted by molar-refractivity contribution is 7.84. The zero-order valence-electron chi connectivity index (χ0n) is 10.7. The van der Waals surface area contributed by atoms with E-state index in [1.54, 1.807) is 13.2 Å². The first-order valence-corrected chi connectivity index (χ1v) is 7.70. The summed E-state index contributed by atoms with van der Waals surface area (Å²) in [6.07, 6.45) is 4.10. The molecule has 1 fully saturated rings. The van der Waals surface area contributed by atoms with Crippen LogP contribution in [-0.2, 0) is 15.6 Å². The van der Waals surface area contributed by atoms with Crippen molar-refractivity contribution in [3.05, 3.63) is 0 Å². The molecule has 6 nitrogen and oxygen atoms in total. The first kappa shape index (κ1) is 14.9. The van der Waals surface area contributed by atoms with E-state index in [1.165, 1.54) is 0 Å². The quantitative estimate of drug-likeness (QED) is 0.679. The zero-order valence-corrected chi connectivity index (χ0v) is 11.5. The van der Waals surface area contributed by atoms with E-state index in [0.717, 1.165) is 12.8 Å². The van der Waals surface area contributed by atoms with Gasteiger partial charge in [-0.2, -0.15) is 0 Å². The summed E-state index contributed by atoms with van der Waals surface area (Å²) in [6.45, 7) is 1.74. The van der Waals surface area contributed by atoms with Gasteiger partial charge in [-0.1, -0.05) is 12.8 Å². The normalized spacial score (nSPS) is 21.0. The molecule has 0 bridgehead atoms. The number of nitrogens with one attached hydrogen (secondary N) is 2. The summed E-state index contributed by atoms with van der Waals surface area (Å²) in [5.41, 5.74) is -1.13. The average molecular weight is 276 g/mol. The van der Waals surface area contributed by atoms with Crippen LogP contribution < -0.4 is 10.6 Å². The Balaban J connectivity index is 2.52. The lowest BCUT2D eigenvalue weighted by atomic mass is 9.98. The minimum absolute atomic E-state index is 0.247. The summed E-state index contributed by atoms with van der Waals surface area (Å²) < 4.78 is 11.0. The van der Waals surface area contributed by atoms with Gasteiger partial charge in [-0.25, -0.2) is 9.59 Å². The van der Waals surface area contributed by atoms with Crippen LogP contribution in [0.15, 0.2) is 0 Å². The number of carboxylic acid groups (broad SMARTS) is 1. The second-order valence-corrected chi connectivity index (χ2v) is 6.31. The molecule has 2 atom stereocenters. The molecule has 7 heteroatoms. The zero-order chi connectivity index (χ0) is 13.8. The van der Waals surface area contributed by atoms with Gasteiger partial charge in [-0.15, -0.1) is 0 Å². The molecule has 0 saturated heterocycles. The van der Waals surface area contributed by atoms with Gasteiger partial charge in [0.15, 0.2) is 0 Å². The predicted molar refractivity (Wildman–Crippen MR) is 68.9 cm³/mol. The number of hydrogen-bond acceptors (Lipinski definition) is 3. The van der Waals surface area contributed by atoms with Gasteiger partial charge in [0, 0.05) is 28.9 Å². The largest absolute Gasteiger partial charge is 0.480 e. The summed E-state index contributed by atoms with van der Waals surface area (Å²) in [5.74, 6) is -0.630. The number of carboxylic acids is 1. The van der Waals surface area contributed by atoms with Crippen molar-refractivity contribution in [2.75, 3.05) is 12.0 Å². The molecule has 2 unspecified atom stereocenters. The van der Waals surface area contributed by atoms with Crippen molar-refractivity contribution in [3.63, 3.8) is 0 Å². The van der Waals surface area contributed by atoms with Crippen molar-refractivity contribution in [2.24, 2.45) is 0 Å². The average Bonchev–Trinajstić information content (AvgIpc) is 2.65. The van der Waals surface area contributed by atoms with Gasteiger partial charge in [0.05, 0.1) is 0 Å². The molecule has 18 heavy (non-hydrogen) atoms. The fourth-order valence-corrected chi connectivity index (χ4v) is 3.03. The van der Waals surface area contributed by atoms with Crippen LogP contribution in [0.25, 0.3) is 0 Å². The van der Waals surface area contributed by atoms with Crippen molar-refractivity contribution in [1.82, 2.24) is 10.6 Å². The second-order valence-electron chi connectivity index (χ2n) is 4.83. The van der Waals surface area contributed by atoms with E-state index >= 15 is 0 Å². The summed E-state index contributed by atoms with van der Waals surface area (Å²) in [4.78, 5) is 22.9. The molecule has 3 N–H and O–H groups in total. The highest BCUT2D eigenvalue weighted by Gasteiger charge is 2.42. The summed E-state index contributed by atoms with van der Waals surface area (Å²) in [5, 5.41) is 14.4. The van der Waals surface area contributed by atoms with Gasteiger partial charge in [0.2, 0.25) is 0 Å². The summed E-state index contributed by atoms with van der Waals surface area (Å²) >= 11 is 0. The van der Waals surface area contributed by atoms with Crippen LogP contribution in [-0.4, -0.2) is 44.9 Å². The van der Waals surface area contributed by atoms with E-state index in [2.05, 4.69) is 10.6 Å². The van der Waals surface area contributed by atoms with E-state index in [1.807, 2.05) is 0 Å². The van der Waals surface area contributed by atoms with E-state index in [-0.39, 0.29) is 6.04 Å². The van der Waals surface area contributed by atoms with Gasteiger partial charge in [-0.3, -0.25) is 4.21 Å². The number of urea groups is 1. The Kier molecular flexibility index (Phi) is 5.13. The van der Waals surface area contributed by atoms with Gasteiger partial charge in [-0.05, 0) is 19.8 Å². The summed E-state index contributed by atoms with van der Waals surface area (Å²) in [7, 11) is -0.994. The van der Waals surface area contributed by atoms with Crippen molar-refractivity contribution in [1.29, 1.82) is 0 Å². The van der Waals surface area contributed by atoms with Crippen molar-refractivity contribution >= 4 is 22.8 Å². The van der Waals surface area contributed by atoms with Crippen LogP contribution in [0.4, 0.5) is 4.79 Å². The van der Waals surface area contributed by atoms with Crippen molar-refractivity contribution in [2.45, 2.75) is 44.2 Å². The third kappa shape index (κ3) is 3.97. The van der Waals surface area contributed by atoms with Gasteiger partial charge in [0.25, 0.3) is 0 Å². The van der Waals surface area contributed by atoms with Gasteiger partial charge in [0.1, 0.15) is 5.54 Å². The smallest absolute Gasteiger partial charge is 0.329 e. The monoisotopic (exact) mass is 276 g/mol. The fraction of sp³-hybridized carbons (Fsp3) is 0.818. The molecule has 0 aliphatic heterocycles. The molecule has 0 radical (unpaired) electrons. The first-order valence-electron chi connectivity index (χ1n) is 5.98. The van der Waals surface area contributed by atoms with E-state index < -0.39 is 28.3 Å². The molecule has 1 aliphatic carbocycles. The van der Waals surface area contributed by atoms with E-state index in [4.69, 9.17) is 0 Å². The minimum Gasteiger partial charge on any atom is -0.480 e. The Labute approximate surface area is 109 Å². The molecule has 1 rings (SSSR count). The number of carbonyl (C=O) groups is 2. The van der Waals surface area contributed by atoms with Crippen LogP contribution in [0.3, 0.4) is 0 Å². The molecule has 0 spiro atoms. The summed E-state index contributed by atoms with van der Waals surface area (Å²) in [6, 6.07) is -0.750. The van der Waals surface area contributed by atoms with Crippen LogP contribution in [0.1, 0.15) is 32.6 Å². The molecular formula is C11H20N2O4S. The molecule has 0 aromatic heterocycles. The molecular weight excluding hydrogens is 256 g/mol. The van der Waals surface area contributed by atoms with Crippen molar-refractivity contribution in [3.8, 4) is 0 Å². The maximum atomic E-state index is 11.7. The Morgan fingerprint density at radius 3 is 2.39 bits per heavy atom. The van der Waals surface area contributed by atoms with Crippen LogP contribution in [0.2, 0.25) is 0 Å². The SMILES string of the molecule is CC(CS(C)=O)NC(=O)NC1(C(=O)O)CCCC1. The second kappa shape index (κ2) is 6.17. The standard InChI is InChI=1S/C11H20N2O4S/c1-8(7-18(2)17)12-10(16)13-11(9(14)15)5-3-4-6-11/h8H,3-7H2,1-2H3,(H,14,15)(H2,12,13,16). The highest BCUT2D eigenvalue weighted by atomic mass is 32.2. The van der Waals surface area contributed by atoms with E-state index in [0.29, 0.717) is 18.6 Å². The fourth-order valence-electron chi connectivity index (χ4n) is 2.24. The van der Waals surface area contributed by atoms with Crippen molar-refractivity contribution < 1.29 is 18.9 Å². The molecule has 0 heterocycles. The lowest BCUT2D eigenvalue weighted by Crippen LogP contribution is -2.57. The van der Waals surface area contributed by atoms with Gasteiger partial charge < -0.3 is 15.7 Å². The number of hydrogen-bond donors (Lipinski definition) is 3. The third-order valence-corrected chi connectivity index (χ3v) is 4.05. The van der Waals surface area contributed by atoms with Crippen LogP contribution >= 0.6 is 0 Å². The van der Waals surface area contributed by atoms with Crippen LogP contribution in [0.5, 0.6) is 0 Å². The van der Waals surface area contributed by atoms with Gasteiger partial charge >= 0.3 is 12.0 Å². The molecule has 2 amide bonds. The topological polar surface area (TPSA) is 95.5 Å². The number of amides is 2. The Morgan fingerprint density at radius 1 is 1.39 bits per heavy atom. The maximum Gasteiger partial charge on any atom is 0.329 e. The molecule has 104 valence electrons. The Hall–Kier alpha value is -1.11. The third-order valence-electron chi connectivity index (χ3n) is 3.08. The Bertz CT molecular complexity index is 353. The predicted octanol–water partition coefficient (Wildman–Crippen LogP) is 0.450. The molecule has 0 aromatic rings. The lowest BCUT2D eigenvalue weighted by Gasteiger charge is -2.26. The molecule has 1 saturated carbocycles. The number of rotatable bonds is 5. The molecule has 1 aliphatic rings. The number of carbonyl (C=O) groups excluding carboxylic acids is 1. The van der Waals surface area contributed by atoms with Crippen LogP contribution in [0, 0.1) is 0 Å².